The first-order chi connectivity index (χ1) is 8.74. The Morgan fingerprint density at radius 2 is 1.30 bits per heavy atom. The monoisotopic (exact) mass is 344 g/mol. The van der Waals surface area contributed by atoms with Gasteiger partial charge in [0.1, 0.15) is 16.0 Å². The molecule has 0 fully saturated rings. The van der Waals surface area contributed by atoms with Crippen LogP contribution in [-0.4, -0.2) is 21.5 Å². The van der Waals surface area contributed by atoms with Crippen LogP contribution in [0.1, 0.15) is 41.5 Å². The summed E-state index contributed by atoms with van der Waals surface area (Å²) in [5.74, 6) is 0.228. The Morgan fingerprint density at radius 3 is 1.50 bits per heavy atom. The third kappa shape index (κ3) is 7.45. The maximum atomic E-state index is 11.4. The molecule has 0 aromatic heterocycles. The number of rotatable bonds is 4. The lowest BCUT2D eigenvalue weighted by molar-refractivity contribution is -0.00242. The topological polar surface area (TPSA) is 70.6 Å². The van der Waals surface area contributed by atoms with Crippen molar-refractivity contribution in [2.45, 2.75) is 52.6 Å². The van der Waals surface area contributed by atoms with E-state index in [-0.39, 0.29) is 37.3 Å². The van der Waals surface area contributed by atoms with Crippen molar-refractivity contribution >= 4 is 34.8 Å². The molecule has 5 nitrogen and oxygen atoms in total. The molecule has 0 aliphatic rings. The number of nitrogens with zero attached hydrogens (tertiary/aromatic N) is 1. The molecule has 0 atom stereocenters. The Hall–Kier alpha value is -0.330. The van der Waals surface area contributed by atoms with Crippen molar-refractivity contribution in [3.63, 3.8) is 0 Å². The van der Waals surface area contributed by atoms with Gasteiger partial charge in [0.25, 0.3) is 0 Å². The molecular weight excluding hydrogens is 325 g/mol. The molecule has 8 heteroatoms. The van der Waals surface area contributed by atoms with Crippen LogP contribution in [0.3, 0.4) is 0 Å². The second-order valence-corrected chi connectivity index (χ2v) is 7.65. The van der Waals surface area contributed by atoms with Crippen LogP contribution < -0.4 is 10.6 Å². The smallest absolute Gasteiger partial charge is 0.127 e. The lowest BCUT2D eigenvalue weighted by Gasteiger charge is -2.35. The summed E-state index contributed by atoms with van der Waals surface area (Å²) in [7, 11) is 0. The first kappa shape index (κ1) is 19.7. The van der Waals surface area contributed by atoms with E-state index in [9.17, 15) is 10.4 Å². The summed E-state index contributed by atoms with van der Waals surface area (Å²) in [4.78, 5) is 0. The van der Waals surface area contributed by atoms with Gasteiger partial charge in [0.15, 0.2) is 0 Å². The molecule has 0 spiro atoms. The molecule has 0 aliphatic heterocycles. The quantitative estimate of drug-likeness (QED) is 0.530. The number of hydroxylamine groups is 2. The van der Waals surface area contributed by atoms with Gasteiger partial charge in [-0.2, -0.15) is 0 Å². The lowest BCUT2D eigenvalue weighted by Crippen LogP contribution is -2.48. The third-order valence-corrected chi connectivity index (χ3v) is 2.74. The van der Waals surface area contributed by atoms with E-state index in [1.807, 2.05) is 41.5 Å². The van der Waals surface area contributed by atoms with Gasteiger partial charge < -0.3 is 21.1 Å². The van der Waals surface area contributed by atoms with Crippen LogP contribution in [0.2, 0.25) is 0 Å². The Labute approximate surface area is 135 Å². The fraction of sp³-hybridized carbons (Fsp3) is 0.667. The van der Waals surface area contributed by atoms with Crippen LogP contribution in [0.25, 0.3) is 0 Å². The largest absolute Gasteiger partial charge is 0.733 e. The first-order valence-corrected chi connectivity index (χ1v) is 7.06. The van der Waals surface area contributed by atoms with Crippen molar-refractivity contribution < 1.29 is 5.21 Å². The molecule has 0 aliphatic carbocycles. The van der Waals surface area contributed by atoms with Gasteiger partial charge in [0, 0.05) is 11.1 Å². The van der Waals surface area contributed by atoms with Crippen molar-refractivity contribution in [3.05, 3.63) is 26.2 Å². The average molecular weight is 346 g/mol. The van der Waals surface area contributed by atoms with Gasteiger partial charge in [-0.1, -0.05) is 34.8 Å². The van der Waals surface area contributed by atoms with E-state index in [0.29, 0.717) is 0 Å². The number of hydrogen-bond donors (Lipinski definition) is 3. The summed E-state index contributed by atoms with van der Waals surface area (Å²) >= 11 is 17.1. The Kier molecular flexibility index (Phi) is 6.97. The number of halogens is 3. The van der Waals surface area contributed by atoms with E-state index in [1.54, 1.807) is 0 Å². The van der Waals surface area contributed by atoms with E-state index < -0.39 is 0 Å². The molecule has 0 aromatic rings. The van der Waals surface area contributed by atoms with Crippen molar-refractivity contribution in [1.82, 2.24) is 15.9 Å². The minimum atomic E-state index is -0.384. The highest BCUT2D eigenvalue weighted by atomic mass is 35.5. The highest BCUT2D eigenvalue weighted by Crippen LogP contribution is 2.28. The Morgan fingerprint density at radius 1 is 0.950 bits per heavy atom. The van der Waals surface area contributed by atoms with Gasteiger partial charge in [0.05, 0.1) is 5.03 Å². The van der Waals surface area contributed by atoms with Crippen molar-refractivity contribution in [1.29, 1.82) is 0 Å². The maximum absolute atomic E-state index is 11.4. The van der Waals surface area contributed by atoms with E-state index >= 15 is 0 Å². The molecule has 0 radical (unpaired) electrons. The summed E-state index contributed by atoms with van der Waals surface area (Å²) in [6.07, 6.45) is 0. The van der Waals surface area contributed by atoms with E-state index in [4.69, 9.17) is 34.8 Å². The third-order valence-electron chi connectivity index (χ3n) is 1.80. The molecule has 118 valence electrons. The molecular formula is C12H21Cl3N3O2-. The van der Waals surface area contributed by atoms with Crippen LogP contribution in [0.5, 0.6) is 0 Å². The van der Waals surface area contributed by atoms with Gasteiger partial charge in [-0.25, -0.2) is 0 Å². The molecule has 0 saturated heterocycles. The Balaban J connectivity index is 5.95. The molecule has 0 bridgehead atoms. The fourth-order valence-electron chi connectivity index (χ4n) is 1.28. The van der Waals surface area contributed by atoms with Crippen molar-refractivity contribution in [2.24, 2.45) is 0 Å². The second kappa shape index (κ2) is 7.09. The number of nitrogens with one attached hydrogen (secondary N) is 2. The first-order valence-electron chi connectivity index (χ1n) is 5.92. The van der Waals surface area contributed by atoms with Gasteiger partial charge >= 0.3 is 0 Å². The van der Waals surface area contributed by atoms with E-state index in [2.05, 4.69) is 10.6 Å². The van der Waals surface area contributed by atoms with Crippen LogP contribution in [-0.2, 0) is 0 Å². The average Bonchev–Trinajstić information content (AvgIpc) is 2.10. The van der Waals surface area contributed by atoms with Crippen LogP contribution in [0.4, 0.5) is 0 Å². The predicted molar refractivity (Wildman–Crippen MR) is 84.4 cm³/mol. The van der Waals surface area contributed by atoms with E-state index in [1.165, 1.54) is 0 Å². The van der Waals surface area contributed by atoms with Crippen LogP contribution >= 0.6 is 34.8 Å². The molecule has 0 rings (SSSR count). The zero-order chi connectivity index (χ0) is 16.3. The van der Waals surface area contributed by atoms with Crippen LogP contribution in [0.15, 0.2) is 21.0 Å². The molecule has 0 amide bonds. The van der Waals surface area contributed by atoms with Crippen molar-refractivity contribution in [3.8, 4) is 0 Å². The highest BCUT2D eigenvalue weighted by Gasteiger charge is 2.23. The molecule has 0 aromatic carbocycles. The molecule has 3 N–H and O–H groups in total. The molecule has 0 unspecified atom stereocenters. The van der Waals surface area contributed by atoms with Gasteiger partial charge in [-0.05, 0) is 41.5 Å². The predicted octanol–water partition coefficient (Wildman–Crippen LogP) is 4.01. The Bertz CT molecular complexity index is 385. The van der Waals surface area contributed by atoms with Gasteiger partial charge in [0.2, 0.25) is 0 Å². The zero-order valence-corrected chi connectivity index (χ0v) is 14.7. The minimum Gasteiger partial charge on any atom is -0.733 e. The molecule has 0 saturated carbocycles. The standard InChI is InChI=1S/C12H21Cl3N3O2/c1-11(2,3)16-10(17-12(4,5)6)8(18(19)20)7(13)9(14)15/h16-17,19H,1-6H3/q-1. The summed E-state index contributed by atoms with van der Waals surface area (Å²) in [6, 6.07) is 0. The zero-order valence-electron chi connectivity index (χ0n) is 12.4. The summed E-state index contributed by atoms with van der Waals surface area (Å²) in [6.45, 7) is 11.3. The molecule has 20 heavy (non-hydrogen) atoms. The molecule has 0 heterocycles. The fourth-order valence-corrected chi connectivity index (χ4v) is 1.62. The number of hydrogen-bond acceptors (Lipinski definition) is 5. The number of allylic oxidation sites excluding steroid dienone is 1. The normalized spacial score (nSPS) is 11.8. The SMILES string of the molecule is CC(C)(C)NC(NC(C)(C)C)=C(C(Cl)=C(Cl)Cl)N([O-])O. The minimum absolute atomic E-state index is 0.228. The highest BCUT2D eigenvalue weighted by molar-refractivity contribution is 6.59. The van der Waals surface area contributed by atoms with Crippen molar-refractivity contribution in [2.75, 3.05) is 0 Å². The summed E-state index contributed by atoms with van der Waals surface area (Å²) in [5.41, 5.74) is -1.05. The van der Waals surface area contributed by atoms with Gasteiger partial charge in [-0.3, -0.25) is 5.21 Å². The van der Waals surface area contributed by atoms with Gasteiger partial charge in [-0.15, -0.1) is 0 Å². The summed E-state index contributed by atoms with van der Waals surface area (Å²) < 4.78 is -0.319. The maximum Gasteiger partial charge on any atom is 0.127 e. The van der Waals surface area contributed by atoms with Crippen LogP contribution in [0, 0.1) is 5.21 Å². The van der Waals surface area contributed by atoms with E-state index in [0.717, 1.165) is 0 Å². The second-order valence-electron chi connectivity index (χ2n) is 6.32. The summed E-state index contributed by atoms with van der Waals surface area (Å²) in [5, 5.41) is 26.2. The lowest BCUT2D eigenvalue weighted by atomic mass is 10.1.